The molecule has 0 saturated heterocycles. The van der Waals surface area contributed by atoms with Crippen LogP contribution in [0, 0.1) is 0 Å². The summed E-state index contributed by atoms with van der Waals surface area (Å²) in [6.45, 7) is 4.93. The lowest BCUT2D eigenvalue weighted by atomic mass is 10.0. The van der Waals surface area contributed by atoms with Crippen molar-refractivity contribution in [2.45, 2.75) is 373 Å². The number of esters is 1. The molecule has 0 spiro atoms. The molecule has 0 aliphatic rings. The molecule has 0 fully saturated rings. The number of aliphatic hydroxyl groups is 2. The second kappa shape index (κ2) is 60.2. The van der Waals surface area contributed by atoms with Crippen molar-refractivity contribution in [3.63, 3.8) is 0 Å². The van der Waals surface area contributed by atoms with E-state index in [1.165, 1.54) is 295 Å². The van der Waals surface area contributed by atoms with Gasteiger partial charge in [-0.15, -0.1) is 0 Å². The van der Waals surface area contributed by atoms with Crippen molar-refractivity contribution in [3.8, 4) is 0 Å². The Balaban J connectivity index is 3.43. The van der Waals surface area contributed by atoms with Crippen molar-refractivity contribution in [1.29, 1.82) is 0 Å². The van der Waals surface area contributed by atoms with Crippen LogP contribution in [-0.2, 0) is 14.3 Å². The third-order valence-corrected chi connectivity index (χ3v) is 15.1. The summed E-state index contributed by atoms with van der Waals surface area (Å²) in [7, 11) is 0. The number of hydrogen-bond acceptors (Lipinski definition) is 5. The molecule has 416 valence electrons. The highest BCUT2D eigenvalue weighted by atomic mass is 16.5. The summed E-state index contributed by atoms with van der Waals surface area (Å²) in [6.07, 6.45) is 72.5. The fourth-order valence-electron chi connectivity index (χ4n) is 10.2. The standard InChI is InChI=1S/C64H125NO5/c1-3-5-7-9-11-13-15-17-19-20-21-22-23-24-26-29-32-36-40-44-48-52-56-62(67)61(60-66)65-63(68)57-53-49-45-41-37-33-30-27-25-28-31-35-39-43-47-51-55-59-70-64(69)58-54-50-46-42-38-34-18-16-14-12-10-8-6-4-2/h52,56,61-62,66-67H,3-51,53-55,57-60H2,1-2H3,(H,65,68)/b56-52+. The molecule has 2 atom stereocenters. The minimum absolute atomic E-state index is 0.00774. The van der Waals surface area contributed by atoms with Gasteiger partial charge in [-0.05, 0) is 32.1 Å². The largest absolute Gasteiger partial charge is 0.466 e. The van der Waals surface area contributed by atoms with Crippen LogP contribution in [0.25, 0.3) is 0 Å². The Kier molecular flexibility index (Phi) is 59.0. The zero-order chi connectivity index (χ0) is 50.7. The van der Waals surface area contributed by atoms with Gasteiger partial charge < -0.3 is 20.3 Å². The van der Waals surface area contributed by atoms with Gasteiger partial charge in [0.15, 0.2) is 0 Å². The predicted octanol–water partition coefficient (Wildman–Crippen LogP) is 20.0. The number of ether oxygens (including phenoxy) is 1. The van der Waals surface area contributed by atoms with Gasteiger partial charge in [0.05, 0.1) is 25.4 Å². The minimum Gasteiger partial charge on any atom is -0.466 e. The van der Waals surface area contributed by atoms with Crippen molar-refractivity contribution in [2.24, 2.45) is 0 Å². The molecule has 0 aromatic carbocycles. The first-order valence-corrected chi connectivity index (χ1v) is 32.0. The second-order valence-corrected chi connectivity index (χ2v) is 22.1. The molecule has 0 aliphatic carbocycles. The lowest BCUT2D eigenvalue weighted by molar-refractivity contribution is -0.143. The predicted molar refractivity (Wildman–Crippen MR) is 306 cm³/mol. The Morgan fingerprint density at radius 3 is 0.971 bits per heavy atom. The number of carbonyl (C=O) groups excluding carboxylic acids is 2. The second-order valence-electron chi connectivity index (χ2n) is 22.1. The number of aliphatic hydroxyl groups excluding tert-OH is 2. The quantitative estimate of drug-likeness (QED) is 0.0321. The van der Waals surface area contributed by atoms with E-state index < -0.39 is 12.1 Å². The normalized spacial score (nSPS) is 12.6. The van der Waals surface area contributed by atoms with Crippen LogP contribution in [0.5, 0.6) is 0 Å². The third-order valence-electron chi connectivity index (χ3n) is 15.1. The zero-order valence-corrected chi connectivity index (χ0v) is 47.5. The lowest BCUT2D eigenvalue weighted by Gasteiger charge is -2.20. The molecule has 0 bridgehead atoms. The van der Waals surface area contributed by atoms with Crippen molar-refractivity contribution >= 4 is 11.9 Å². The van der Waals surface area contributed by atoms with Crippen molar-refractivity contribution in [3.05, 3.63) is 12.2 Å². The molecule has 0 rings (SSSR count). The highest BCUT2D eigenvalue weighted by molar-refractivity contribution is 5.76. The summed E-state index contributed by atoms with van der Waals surface area (Å²) in [4.78, 5) is 24.6. The lowest BCUT2D eigenvalue weighted by Crippen LogP contribution is -2.45. The van der Waals surface area contributed by atoms with Gasteiger partial charge in [0.1, 0.15) is 0 Å². The van der Waals surface area contributed by atoms with E-state index in [1.54, 1.807) is 6.08 Å². The number of amides is 1. The van der Waals surface area contributed by atoms with Crippen molar-refractivity contribution in [2.75, 3.05) is 13.2 Å². The van der Waals surface area contributed by atoms with Crippen LogP contribution in [0.1, 0.15) is 361 Å². The number of hydrogen-bond donors (Lipinski definition) is 3. The van der Waals surface area contributed by atoms with Crippen LogP contribution in [-0.4, -0.2) is 47.4 Å². The number of unbranched alkanes of at least 4 members (excludes halogenated alkanes) is 49. The smallest absolute Gasteiger partial charge is 0.305 e. The van der Waals surface area contributed by atoms with Crippen LogP contribution in [0.3, 0.4) is 0 Å². The maximum atomic E-state index is 12.5. The highest BCUT2D eigenvalue weighted by Gasteiger charge is 2.18. The van der Waals surface area contributed by atoms with E-state index in [9.17, 15) is 19.8 Å². The molecule has 6 heteroatoms. The molecular weight excluding hydrogens is 863 g/mol. The molecular formula is C64H125NO5. The molecule has 6 nitrogen and oxygen atoms in total. The summed E-state index contributed by atoms with van der Waals surface area (Å²) in [5.74, 6) is -0.0613. The van der Waals surface area contributed by atoms with E-state index in [2.05, 4.69) is 19.2 Å². The Bertz CT molecular complexity index is 1050. The average Bonchev–Trinajstić information content (AvgIpc) is 3.36. The van der Waals surface area contributed by atoms with E-state index in [4.69, 9.17) is 4.74 Å². The van der Waals surface area contributed by atoms with Gasteiger partial charge in [-0.3, -0.25) is 9.59 Å². The van der Waals surface area contributed by atoms with Gasteiger partial charge >= 0.3 is 5.97 Å². The molecule has 0 aromatic rings. The van der Waals surface area contributed by atoms with Gasteiger partial charge in [-0.25, -0.2) is 0 Å². The van der Waals surface area contributed by atoms with Crippen LogP contribution in [0.2, 0.25) is 0 Å². The molecule has 0 heterocycles. The highest BCUT2D eigenvalue weighted by Crippen LogP contribution is 2.18. The van der Waals surface area contributed by atoms with Gasteiger partial charge in [0.2, 0.25) is 5.91 Å². The molecule has 2 unspecified atom stereocenters. The van der Waals surface area contributed by atoms with Crippen LogP contribution < -0.4 is 5.32 Å². The first kappa shape index (κ1) is 68.6. The summed E-state index contributed by atoms with van der Waals surface area (Å²) in [5.41, 5.74) is 0. The molecule has 0 radical (unpaired) electrons. The van der Waals surface area contributed by atoms with Crippen LogP contribution in [0.4, 0.5) is 0 Å². The van der Waals surface area contributed by atoms with Gasteiger partial charge in [0.25, 0.3) is 0 Å². The fourth-order valence-corrected chi connectivity index (χ4v) is 10.2. The summed E-state index contributed by atoms with van der Waals surface area (Å²) >= 11 is 0. The Morgan fingerprint density at radius 2 is 0.657 bits per heavy atom. The number of allylic oxidation sites excluding steroid dienone is 1. The summed E-state index contributed by atoms with van der Waals surface area (Å²) < 4.78 is 5.48. The van der Waals surface area contributed by atoms with Gasteiger partial charge in [-0.1, -0.05) is 328 Å². The van der Waals surface area contributed by atoms with Crippen LogP contribution in [0.15, 0.2) is 12.2 Å². The molecule has 0 aliphatic heterocycles. The molecule has 70 heavy (non-hydrogen) atoms. The third kappa shape index (κ3) is 55.9. The Labute approximate surface area is 438 Å². The molecule has 0 aromatic heterocycles. The van der Waals surface area contributed by atoms with E-state index in [0.29, 0.717) is 19.4 Å². The Hall–Kier alpha value is -1.40. The average molecular weight is 989 g/mol. The maximum Gasteiger partial charge on any atom is 0.305 e. The van der Waals surface area contributed by atoms with E-state index in [1.807, 2.05) is 6.08 Å². The van der Waals surface area contributed by atoms with E-state index in [0.717, 1.165) is 38.5 Å². The van der Waals surface area contributed by atoms with Crippen molar-refractivity contribution in [1.82, 2.24) is 5.32 Å². The zero-order valence-electron chi connectivity index (χ0n) is 47.5. The molecule has 1 amide bonds. The molecule has 0 saturated carbocycles. The monoisotopic (exact) mass is 988 g/mol. The summed E-state index contributed by atoms with van der Waals surface area (Å²) in [6, 6.07) is -0.632. The topological polar surface area (TPSA) is 95.9 Å². The van der Waals surface area contributed by atoms with Crippen LogP contribution >= 0.6 is 0 Å². The first-order valence-electron chi connectivity index (χ1n) is 32.0. The number of carbonyl (C=O) groups is 2. The fraction of sp³-hybridized carbons (Fsp3) is 0.938. The van der Waals surface area contributed by atoms with Crippen molar-refractivity contribution < 1.29 is 24.5 Å². The minimum atomic E-state index is -0.848. The first-order chi connectivity index (χ1) is 34.5. The maximum absolute atomic E-state index is 12.5. The van der Waals surface area contributed by atoms with Gasteiger partial charge in [0, 0.05) is 12.8 Å². The Morgan fingerprint density at radius 1 is 0.386 bits per heavy atom. The molecule has 3 N–H and O–H groups in total. The van der Waals surface area contributed by atoms with E-state index in [-0.39, 0.29) is 18.5 Å². The number of rotatable bonds is 60. The number of nitrogens with one attached hydrogen (secondary N) is 1. The SMILES string of the molecule is CCCCCCCCCCCCCCCCCCCCCC/C=C/C(O)C(CO)NC(=O)CCCCCCCCCCCCCCCCCCCOC(=O)CCCCCCCCCCCCCCCC. The van der Waals surface area contributed by atoms with Gasteiger partial charge in [-0.2, -0.15) is 0 Å². The summed E-state index contributed by atoms with van der Waals surface area (Å²) in [5, 5.41) is 23.2. The van der Waals surface area contributed by atoms with E-state index >= 15 is 0 Å².